The summed E-state index contributed by atoms with van der Waals surface area (Å²) in [5.74, 6) is 0. The van der Waals surface area contributed by atoms with Gasteiger partial charge in [-0.25, -0.2) is 0 Å². The molecule has 2 aromatic heterocycles. The van der Waals surface area contributed by atoms with Crippen LogP contribution >= 0.6 is 0 Å². The molecule has 222 valence electrons. The van der Waals surface area contributed by atoms with E-state index in [4.69, 9.17) is 0 Å². The molecular formula is C44H26N4. The Morgan fingerprint density at radius 2 is 0.896 bits per heavy atom. The second-order valence-electron chi connectivity index (χ2n) is 12.0. The number of rotatable bonds is 4. The van der Waals surface area contributed by atoms with Crippen LogP contribution in [0.4, 0.5) is 0 Å². The zero-order valence-electron chi connectivity index (χ0n) is 25.8. The molecule has 0 N–H and O–H groups in total. The van der Waals surface area contributed by atoms with Crippen LogP contribution in [0.1, 0.15) is 11.1 Å². The molecule has 4 heteroatoms. The van der Waals surface area contributed by atoms with Crippen LogP contribution in [0.5, 0.6) is 0 Å². The molecule has 0 unspecified atom stereocenters. The second-order valence-corrected chi connectivity index (χ2v) is 12.0. The van der Waals surface area contributed by atoms with Crippen molar-refractivity contribution in [2.45, 2.75) is 0 Å². The molecule has 0 atom stereocenters. The van der Waals surface area contributed by atoms with Crippen molar-refractivity contribution in [2.24, 2.45) is 0 Å². The summed E-state index contributed by atoms with van der Waals surface area (Å²) in [6, 6.07) is 59.0. The molecule has 0 aliphatic rings. The maximum atomic E-state index is 10.4. The first kappa shape index (κ1) is 27.4. The average molecular weight is 611 g/mol. The van der Waals surface area contributed by atoms with Gasteiger partial charge in [-0.2, -0.15) is 10.5 Å². The fourth-order valence-corrected chi connectivity index (χ4v) is 7.30. The third-order valence-electron chi connectivity index (χ3n) is 9.38. The molecule has 0 bridgehead atoms. The Hall–Kier alpha value is -6.88. The first-order valence-electron chi connectivity index (χ1n) is 15.9. The summed E-state index contributed by atoms with van der Waals surface area (Å²) in [5.41, 5.74) is 11.0. The van der Waals surface area contributed by atoms with Gasteiger partial charge in [0.05, 0.1) is 51.0 Å². The van der Waals surface area contributed by atoms with E-state index < -0.39 is 0 Å². The normalized spacial score (nSPS) is 11.3. The number of hydrogen-bond acceptors (Lipinski definition) is 2. The minimum Gasteiger partial charge on any atom is -0.309 e. The number of aromatic nitrogens is 2. The van der Waals surface area contributed by atoms with Gasteiger partial charge in [0, 0.05) is 32.8 Å². The standard InChI is InChI=1S/C44H26N4/c45-27-29-24-33(28-46)44(43(25-29)48-41-18-7-3-14-37(41)38-15-4-8-19-42(38)48)32-11-9-10-31(26-32)30-20-22-34(23-21-30)47-39-16-5-1-12-35(39)36-13-2-6-17-40(36)47/h1-26H. The minimum absolute atomic E-state index is 0.448. The minimum atomic E-state index is 0.448. The molecule has 4 nitrogen and oxygen atoms in total. The summed E-state index contributed by atoms with van der Waals surface area (Å²) in [5, 5.41) is 25.1. The van der Waals surface area contributed by atoms with Crippen LogP contribution in [0.15, 0.2) is 158 Å². The van der Waals surface area contributed by atoms with Crippen molar-refractivity contribution in [3.63, 3.8) is 0 Å². The summed E-state index contributed by atoms with van der Waals surface area (Å²) < 4.78 is 4.51. The predicted molar refractivity (Wildman–Crippen MR) is 195 cm³/mol. The summed E-state index contributed by atoms with van der Waals surface area (Å²) in [6.45, 7) is 0. The molecule has 0 amide bonds. The van der Waals surface area contributed by atoms with Crippen molar-refractivity contribution in [1.29, 1.82) is 10.5 Å². The first-order valence-corrected chi connectivity index (χ1v) is 15.9. The number of para-hydroxylation sites is 4. The lowest BCUT2D eigenvalue weighted by Gasteiger charge is -2.17. The topological polar surface area (TPSA) is 57.4 Å². The van der Waals surface area contributed by atoms with E-state index in [1.54, 1.807) is 6.07 Å². The monoisotopic (exact) mass is 610 g/mol. The van der Waals surface area contributed by atoms with Crippen LogP contribution in [0.2, 0.25) is 0 Å². The van der Waals surface area contributed by atoms with Crippen LogP contribution in [-0.2, 0) is 0 Å². The molecule has 0 aliphatic carbocycles. The molecule has 9 aromatic rings. The Balaban J connectivity index is 1.21. The van der Waals surface area contributed by atoms with E-state index in [2.05, 4.69) is 137 Å². The number of nitrogens with zero attached hydrogens (tertiary/aromatic N) is 4. The van der Waals surface area contributed by atoms with Crippen LogP contribution in [0, 0.1) is 22.7 Å². The molecule has 48 heavy (non-hydrogen) atoms. The van der Waals surface area contributed by atoms with Gasteiger partial charge in [0.15, 0.2) is 0 Å². The van der Waals surface area contributed by atoms with Crippen molar-refractivity contribution in [2.75, 3.05) is 0 Å². The lowest BCUT2D eigenvalue weighted by atomic mass is 9.93. The molecule has 0 saturated heterocycles. The number of fused-ring (bicyclic) bond motifs is 6. The van der Waals surface area contributed by atoms with E-state index in [9.17, 15) is 10.5 Å². The summed E-state index contributed by atoms with van der Waals surface area (Å²) in [7, 11) is 0. The van der Waals surface area contributed by atoms with Crippen molar-refractivity contribution < 1.29 is 0 Å². The van der Waals surface area contributed by atoms with Crippen LogP contribution in [0.25, 0.3) is 77.2 Å². The van der Waals surface area contributed by atoms with Gasteiger partial charge in [0.25, 0.3) is 0 Å². The fourth-order valence-electron chi connectivity index (χ4n) is 7.30. The summed E-state index contributed by atoms with van der Waals surface area (Å²) in [4.78, 5) is 0. The Morgan fingerprint density at radius 1 is 0.396 bits per heavy atom. The van der Waals surface area contributed by atoms with Crippen molar-refractivity contribution in [1.82, 2.24) is 9.13 Å². The van der Waals surface area contributed by atoms with E-state index >= 15 is 0 Å². The van der Waals surface area contributed by atoms with E-state index in [0.717, 1.165) is 55.4 Å². The third kappa shape index (κ3) is 4.14. The van der Waals surface area contributed by atoms with Gasteiger partial charge < -0.3 is 9.13 Å². The van der Waals surface area contributed by atoms with Crippen LogP contribution < -0.4 is 0 Å². The smallest absolute Gasteiger partial charge is 0.0999 e. The van der Waals surface area contributed by atoms with Gasteiger partial charge >= 0.3 is 0 Å². The average Bonchev–Trinajstić information content (AvgIpc) is 3.67. The second kappa shape index (κ2) is 10.9. The van der Waals surface area contributed by atoms with Crippen LogP contribution in [0.3, 0.4) is 0 Å². The van der Waals surface area contributed by atoms with E-state index in [1.165, 1.54) is 21.8 Å². The van der Waals surface area contributed by atoms with E-state index in [0.29, 0.717) is 11.1 Å². The molecule has 0 radical (unpaired) electrons. The highest BCUT2D eigenvalue weighted by molar-refractivity contribution is 6.10. The van der Waals surface area contributed by atoms with E-state index in [1.807, 2.05) is 36.4 Å². The molecule has 0 spiro atoms. The Kier molecular flexibility index (Phi) is 6.22. The quantitative estimate of drug-likeness (QED) is 0.199. The fraction of sp³-hybridized carbons (Fsp3) is 0. The Morgan fingerprint density at radius 3 is 1.42 bits per heavy atom. The molecule has 7 aromatic carbocycles. The van der Waals surface area contributed by atoms with Gasteiger partial charge in [-0.1, -0.05) is 103 Å². The predicted octanol–water partition coefficient (Wildman–Crippen LogP) is 11.0. The molecule has 2 heterocycles. The summed E-state index contributed by atoms with van der Waals surface area (Å²) in [6.07, 6.45) is 0. The SMILES string of the molecule is N#Cc1cc(C#N)c(-c2cccc(-c3ccc(-n4c5ccccc5c5ccccc54)cc3)c2)c(-n2c3ccccc3c3ccccc32)c1. The molecule has 0 fully saturated rings. The largest absolute Gasteiger partial charge is 0.309 e. The molecule has 9 rings (SSSR count). The van der Waals surface area contributed by atoms with E-state index in [-0.39, 0.29) is 0 Å². The zero-order valence-corrected chi connectivity index (χ0v) is 25.8. The van der Waals surface area contributed by atoms with Gasteiger partial charge in [-0.05, 0) is 71.3 Å². The van der Waals surface area contributed by atoms with Crippen molar-refractivity contribution in [3.8, 4) is 45.8 Å². The summed E-state index contributed by atoms with van der Waals surface area (Å²) >= 11 is 0. The van der Waals surface area contributed by atoms with Gasteiger partial charge in [-0.15, -0.1) is 0 Å². The molecule has 0 saturated carbocycles. The Bertz CT molecular complexity index is 2690. The van der Waals surface area contributed by atoms with Crippen LogP contribution in [-0.4, -0.2) is 9.13 Å². The third-order valence-corrected chi connectivity index (χ3v) is 9.38. The Labute approximate surface area is 277 Å². The first-order chi connectivity index (χ1) is 23.7. The highest BCUT2D eigenvalue weighted by atomic mass is 15.0. The maximum Gasteiger partial charge on any atom is 0.0999 e. The highest BCUT2D eigenvalue weighted by Gasteiger charge is 2.20. The van der Waals surface area contributed by atoms with Gasteiger partial charge in [0.1, 0.15) is 0 Å². The molecule has 0 aliphatic heterocycles. The molecular weight excluding hydrogens is 585 g/mol. The van der Waals surface area contributed by atoms with Crippen molar-refractivity contribution >= 4 is 43.6 Å². The highest BCUT2D eigenvalue weighted by Crippen LogP contribution is 2.40. The van der Waals surface area contributed by atoms with Gasteiger partial charge in [-0.3, -0.25) is 0 Å². The van der Waals surface area contributed by atoms with Gasteiger partial charge in [0.2, 0.25) is 0 Å². The number of hydrogen-bond donors (Lipinski definition) is 0. The van der Waals surface area contributed by atoms with Crippen molar-refractivity contribution in [3.05, 3.63) is 169 Å². The number of benzene rings is 7. The maximum absolute atomic E-state index is 10.4. The number of nitriles is 2. The lowest BCUT2D eigenvalue weighted by Crippen LogP contribution is -2.01. The zero-order chi connectivity index (χ0) is 32.2. The lowest BCUT2D eigenvalue weighted by molar-refractivity contribution is 1.17.